The van der Waals surface area contributed by atoms with Crippen LogP contribution in [-0.2, 0) is 83.3 Å². The van der Waals surface area contributed by atoms with Crippen molar-refractivity contribution in [2.24, 2.45) is 70.5 Å². The molecule has 10 rings (SSSR count). The molecule has 0 aliphatic carbocycles. The molecular weight excluding hydrogens is 901 g/mol. The molecule has 10 heterocycles. The van der Waals surface area contributed by atoms with Gasteiger partial charge in [-0.1, -0.05) is 52.1 Å². The van der Waals surface area contributed by atoms with Crippen LogP contribution in [0.1, 0.15) is 104 Å². The third-order valence-electron chi connectivity index (χ3n) is 12.7. The Labute approximate surface area is 398 Å². The molecule has 362 valence electrons. The second kappa shape index (κ2) is 18.5. The second-order valence-electron chi connectivity index (χ2n) is 18.1. The van der Waals surface area contributed by atoms with Crippen molar-refractivity contribution in [3.63, 3.8) is 0 Å². The van der Waals surface area contributed by atoms with Crippen molar-refractivity contribution in [1.29, 1.82) is 0 Å². The van der Waals surface area contributed by atoms with Crippen molar-refractivity contribution in [2.75, 3.05) is 0 Å². The highest BCUT2D eigenvalue weighted by Gasteiger charge is 2.53. The third-order valence-corrected chi connectivity index (χ3v) is 12.7. The summed E-state index contributed by atoms with van der Waals surface area (Å²) in [6, 6.07) is 0. The van der Waals surface area contributed by atoms with Crippen LogP contribution in [-0.4, -0.2) is 150 Å². The topological polar surface area (TPSA) is 307 Å². The third kappa shape index (κ3) is 9.08. The highest BCUT2D eigenvalue weighted by atomic mass is 15.5. The van der Waals surface area contributed by atoms with Gasteiger partial charge in [0.25, 0.3) is 0 Å². The molecule has 0 radical (unpaired) electrons. The summed E-state index contributed by atoms with van der Waals surface area (Å²) >= 11 is 0. The predicted octanol–water partition coefficient (Wildman–Crippen LogP) is -0.973. The maximum absolute atomic E-state index is 5.01. The summed E-state index contributed by atoms with van der Waals surface area (Å²) in [5.74, 6) is -4.99. The fraction of sp³-hybridized carbons (Fsp3) is 0.500. The molecule has 0 aliphatic rings. The number of aromatic nitrogens is 30. The molecule has 8 unspecified atom stereocenters. The Balaban J connectivity index is 1.31. The minimum atomic E-state index is -0.722. The molecule has 0 N–H and O–H groups in total. The lowest BCUT2D eigenvalue weighted by atomic mass is 9.59. The van der Waals surface area contributed by atoms with Gasteiger partial charge in [-0.25, -0.2) is 0 Å². The Hall–Kier alpha value is -8.60. The Morgan fingerprint density at radius 3 is 0.629 bits per heavy atom. The maximum Gasteiger partial charge on any atom is 0.0871 e. The Bertz CT molecular complexity index is 3080. The zero-order valence-electron chi connectivity index (χ0n) is 40.2. The number of rotatable bonds is 19. The van der Waals surface area contributed by atoms with E-state index in [-0.39, 0.29) is 0 Å². The van der Waals surface area contributed by atoms with Crippen molar-refractivity contribution in [3.05, 3.63) is 119 Å². The van der Waals surface area contributed by atoms with E-state index < -0.39 is 47.3 Å². The lowest BCUT2D eigenvalue weighted by molar-refractivity contribution is 0.276. The fourth-order valence-corrected chi connectivity index (χ4v) is 10.1. The largest absolute Gasteiger partial charge is 0.255 e. The molecule has 0 spiro atoms. The van der Waals surface area contributed by atoms with Crippen LogP contribution < -0.4 is 0 Å². The van der Waals surface area contributed by atoms with E-state index in [1.807, 2.05) is 132 Å². The van der Waals surface area contributed by atoms with Gasteiger partial charge in [-0.2, -0.15) is 0 Å². The quantitative estimate of drug-likeness (QED) is 0.0941. The molecule has 30 heteroatoms. The molecule has 8 atom stereocenters. The van der Waals surface area contributed by atoms with Crippen LogP contribution in [0.4, 0.5) is 0 Å². The summed E-state index contributed by atoms with van der Waals surface area (Å²) in [7, 11) is 18.4. The molecule has 0 saturated carbocycles. The number of hydrogen-bond acceptors (Lipinski definition) is 20. The van der Waals surface area contributed by atoms with Crippen molar-refractivity contribution in [3.8, 4) is 0 Å². The lowest BCUT2D eigenvalue weighted by Crippen LogP contribution is -2.35. The zero-order valence-corrected chi connectivity index (χ0v) is 40.2. The first kappa shape index (κ1) is 45.2. The Morgan fingerprint density at radius 1 is 0.243 bits per heavy atom. The van der Waals surface area contributed by atoms with Crippen LogP contribution in [0, 0.1) is 0 Å². The Kier molecular flexibility index (Phi) is 11.9. The summed E-state index contributed by atoms with van der Waals surface area (Å²) in [6.45, 7) is 0. The van der Waals surface area contributed by atoms with E-state index in [0.29, 0.717) is 58.4 Å². The molecule has 0 saturated heterocycles. The predicted molar refractivity (Wildman–Crippen MR) is 239 cm³/mol. The van der Waals surface area contributed by atoms with Crippen LogP contribution >= 0.6 is 0 Å². The van der Waals surface area contributed by atoms with E-state index in [9.17, 15) is 0 Å². The maximum atomic E-state index is 5.01. The first-order valence-electron chi connectivity index (χ1n) is 22.3. The number of hydrogen-bond donors (Lipinski definition) is 0. The summed E-state index contributed by atoms with van der Waals surface area (Å²) in [6.07, 6.45) is 19.9. The molecule has 0 bridgehead atoms. The molecule has 0 amide bonds. The molecule has 10 aromatic rings. The Morgan fingerprint density at radius 2 is 0.429 bits per heavy atom. The van der Waals surface area contributed by atoms with Crippen LogP contribution in [0.25, 0.3) is 0 Å². The molecule has 70 heavy (non-hydrogen) atoms. The van der Waals surface area contributed by atoms with E-state index in [2.05, 4.69) is 62.3 Å². The number of nitrogens with zero attached hydrogens (tertiary/aromatic N) is 30. The van der Waals surface area contributed by atoms with E-state index >= 15 is 0 Å². The van der Waals surface area contributed by atoms with E-state index in [1.165, 1.54) is 0 Å². The molecule has 0 fully saturated rings. The fourth-order valence-electron chi connectivity index (χ4n) is 10.1. The SMILES string of the molecule is Cn1cc(CC(c2cn(C)nn2)C(c2cn(C)nn2)C(c2cn(C)nn2)C(c2cn(C)nn2)C(c2cn(C)nn2)C(c2cn(C)nn2)C(c2cn(C)nn2)C(Cc2cn(C)nn2)c2cn(C)nn2)nn1. The number of aryl methyl sites for hydroxylation is 10. The van der Waals surface area contributed by atoms with Gasteiger partial charge in [-0.05, 0) is 0 Å². The second-order valence-corrected chi connectivity index (χ2v) is 18.1. The smallest absolute Gasteiger partial charge is 0.0871 e. The molecule has 0 aromatic carbocycles. The molecule has 10 aromatic heterocycles. The summed E-state index contributed by atoms with van der Waals surface area (Å²) in [5.41, 5.74) is 6.56. The molecule has 0 aliphatic heterocycles. The average Bonchev–Trinajstić information content (AvgIpc) is 4.13. The standard InChI is InChI=1S/C40H52N30/c1-61-13-23(41-51-61)11-25(27-15-63(3)53-43-27)35(29-17-65(5)55-45-29)37(31-19-67(7)57-47-31)39(33-21-69(9)59-49-33)40(34-22-70(10)60-50-34)38(32-20-68(8)58-48-32)36(30-18-66(6)56-46-30)26(28-16-64(4)54-44-28)12-24-14-62(2)52-42-24/h13-22,25-26,35-40H,11-12H2,1-10H3. The van der Waals surface area contributed by atoms with Gasteiger partial charge in [-0.15, -0.1) is 51.0 Å². The van der Waals surface area contributed by atoms with Crippen LogP contribution in [0.15, 0.2) is 62.0 Å². The highest BCUT2D eigenvalue weighted by Crippen LogP contribution is 2.60. The van der Waals surface area contributed by atoms with Gasteiger partial charge in [0.15, 0.2) is 0 Å². The van der Waals surface area contributed by atoms with Crippen molar-refractivity contribution in [1.82, 2.24) is 150 Å². The van der Waals surface area contributed by atoms with Gasteiger partial charge in [-0.3, -0.25) is 46.8 Å². The average molecular weight is 953 g/mol. The van der Waals surface area contributed by atoms with Crippen molar-refractivity contribution in [2.45, 2.75) is 60.2 Å². The molecule has 30 nitrogen and oxygen atoms in total. The first-order valence-corrected chi connectivity index (χ1v) is 22.3. The van der Waals surface area contributed by atoms with E-state index in [1.54, 1.807) is 46.8 Å². The van der Waals surface area contributed by atoms with Gasteiger partial charge >= 0.3 is 0 Å². The van der Waals surface area contributed by atoms with Crippen LogP contribution in [0.2, 0.25) is 0 Å². The van der Waals surface area contributed by atoms with Crippen molar-refractivity contribution < 1.29 is 0 Å². The van der Waals surface area contributed by atoms with Gasteiger partial charge in [0.05, 0.1) is 56.9 Å². The molecular formula is C40H52N30. The van der Waals surface area contributed by atoms with Gasteiger partial charge in [0.1, 0.15) is 0 Å². The van der Waals surface area contributed by atoms with Gasteiger partial charge in [0.2, 0.25) is 0 Å². The minimum absolute atomic E-state index is 0.371. The normalized spacial score (nSPS) is 15.5. The van der Waals surface area contributed by atoms with E-state index in [4.69, 9.17) is 40.8 Å². The minimum Gasteiger partial charge on any atom is -0.255 e. The van der Waals surface area contributed by atoms with E-state index in [0.717, 1.165) is 11.4 Å². The van der Waals surface area contributed by atoms with Gasteiger partial charge in [0, 0.05) is 193 Å². The summed E-state index contributed by atoms with van der Waals surface area (Å²) in [4.78, 5) is 0. The van der Waals surface area contributed by atoms with Crippen molar-refractivity contribution >= 4 is 0 Å². The van der Waals surface area contributed by atoms with Crippen LogP contribution in [0.5, 0.6) is 0 Å². The monoisotopic (exact) mass is 952 g/mol. The van der Waals surface area contributed by atoms with Crippen LogP contribution in [0.3, 0.4) is 0 Å². The highest BCUT2D eigenvalue weighted by molar-refractivity contribution is 5.37. The summed E-state index contributed by atoms with van der Waals surface area (Å²) < 4.78 is 16.9. The summed E-state index contributed by atoms with van der Waals surface area (Å²) in [5, 5.41) is 93.6. The first-order chi connectivity index (χ1) is 33.7. The zero-order chi connectivity index (χ0) is 48.8. The lowest BCUT2D eigenvalue weighted by Gasteiger charge is -2.42. The van der Waals surface area contributed by atoms with Gasteiger partial charge < -0.3 is 0 Å².